The van der Waals surface area contributed by atoms with Gasteiger partial charge in [-0.15, -0.1) is 0 Å². The first-order valence-electron chi connectivity index (χ1n) is 10.8. The summed E-state index contributed by atoms with van der Waals surface area (Å²) in [4.78, 5) is 26.1. The smallest absolute Gasteiger partial charge is 0.416 e. The number of hydrogen-bond donors (Lipinski definition) is 2. The minimum absolute atomic E-state index is 0.131. The zero-order chi connectivity index (χ0) is 25.5. The third kappa shape index (κ3) is 4.84. The predicted molar refractivity (Wildman–Crippen MR) is 119 cm³/mol. The molecule has 0 fully saturated rings. The van der Waals surface area contributed by atoms with Crippen LogP contribution >= 0.6 is 0 Å². The van der Waals surface area contributed by atoms with Crippen molar-refractivity contribution in [1.82, 2.24) is 15.1 Å². The van der Waals surface area contributed by atoms with Crippen LogP contribution in [0.25, 0.3) is 0 Å². The number of halogens is 4. The number of anilines is 1. The maximum atomic E-state index is 14.4. The van der Waals surface area contributed by atoms with E-state index >= 15 is 0 Å². The number of benzene rings is 2. The number of nitrogens with one attached hydrogen (secondary N) is 1. The average molecular weight is 490 g/mol. The van der Waals surface area contributed by atoms with Crippen molar-refractivity contribution < 1.29 is 32.3 Å². The summed E-state index contributed by atoms with van der Waals surface area (Å²) in [7, 11) is 0. The van der Waals surface area contributed by atoms with E-state index in [-0.39, 0.29) is 17.7 Å². The molecule has 2 aromatic carbocycles. The Kier molecular flexibility index (Phi) is 6.27. The lowest BCUT2D eigenvalue weighted by atomic mass is 10.0. The first-order valence-corrected chi connectivity index (χ1v) is 10.8. The number of amides is 1. The van der Waals surface area contributed by atoms with Gasteiger partial charge >= 0.3 is 12.1 Å². The Morgan fingerprint density at radius 1 is 1.14 bits per heavy atom. The molecule has 1 amide bonds. The molecule has 0 unspecified atom stereocenters. The van der Waals surface area contributed by atoms with E-state index in [0.29, 0.717) is 35.7 Å². The molecule has 0 bridgehead atoms. The summed E-state index contributed by atoms with van der Waals surface area (Å²) in [6.07, 6.45) is -4.42. The molecule has 0 saturated heterocycles. The third-order valence-corrected chi connectivity index (χ3v) is 5.93. The van der Waals surface area contributed by atoms with Crippen molar-refractivity contribution in [2.45, 2.75) is 39.2 Å². The van der Waals surface area contributed by atoms with Crippen LogP contribution in [0.1, 0.15) is 56.1 Å². The van der Waals surface area contributed by atoms with E-state index in [2.05, 4.69) is 10.4 Å². The molecule has 35 heavy (non-hydrogen) atoms. The van der Waals surface area contributed by atoms with Gasteiger partial charge in [-0.2, -0.15) is 18.3 Å². The second-order valence-electron chi connectivity index (χ2n) is 8.36. The highest BCUT2D eigenvalue weighted by molar-refractivity contribution is 6.00. The van der Waals surface area contributed by atoms with Gasteiger partial charge in [-0.1, -0.05) is 18.2 Å². The second-order valence-corrected chi connectivity index (χ2v) is 8.36. The lowest BCUT2D eigenvalue weighted by molar-refractivity contribution is -0.137. The molecular formula is C24H22F4N4O3. The van der Waals surface area contributed by atoms with Crippen LogP contribution in [-0.2, 0) is 19.3 Å². The van der Waals surface area contributed by atoms with Crippen molar-refractivity contribution in [1.29, 1.82) is 0 Å². The van der Waals surface area contributed by atoms with Gasteiger partial charge in [-0.25, -0.2) is 13.9 Å². The average Bonchev–Trinajstić information content (AvgIpc) is 3.31. The first kappa shape index (κ1) is 24.2. The van der Waals surface area contributed by atoms with Crippen molar-refractivity contribution >= 4 is 17.7 Å². The summed E-state index contributed by atoms with van der Waals surface area (Å²) in [6, 6.07) is 7.56. The van der Waals surface area contributed by atoms with Crippen molar-refractivity contribution in [3.63, 3.8) is 0 Å². The summed E-state index contributed by atoms with van der Waals surface area (Å²) in [6.45, 7) is 4.55. The van der Waals surface area contributed by atoms with Crippen LogP contribution in [0.15, 0.2) is 42.5 Å². The largest absolute Gasteiger partial charge is 0.478 e. The van der Waals surface area contributed by atoms with E-state index in [4.69, 9.17) is 5.11 Å². The maximum absolute atomic E-state index is 14.4. The molecule has 1 aliphatic heterocycles. The Labute approximate surface area is 198 Å². The van der Waals surface area contributed by atoms with Gasteiger partial charge in [0.25, 0.3) is 5.91 Å². The van der Waals surface area contributed by atoms with Crippen LogP contribution in [0.3, 0.4) is 0 Å². The molecule has 0 aliphatic carbocycles. The van der Waals surface area contributed by atoms with Gasteiger partial charge in [-0.3, -0.25) is 4.79 Å². The minimum Gasteiger partial charge on any atom is -0.478 e. The standard InChI is InChI=1S/C24H22F4N4O3/c1-13(18-8-5-16(23(34)35)11-19(18)25)29-21(33)20-14(2)30-32-10-9-31(22(20)32)12-15-3-6-17(7-4-15)24(26,27)28/h3-8,11,13H,9-10,12H2,1-2H3,(H,29,33)(H,34,35)/t13-/m0/s1. The second kappa shape index (κ2) is 9.05. The summed E-state index contributed by atoms with van der Waals surface area (Å²) in [5, 5.41) is 16.1. The molecule has 11 heteroatoms. The van der Waals surface area contributed by atoms with E-state index in [1.165, 1.54) is 24.3 Å². The van der Waals surface area contributed by atoms with Gasteiger partial charge in [-0.05, 0) is 43.7 Å². The maximum Gasteiger partial charge on any atom is 0.416 e. The molecule has 1 atom stereocenters. The number of carboxylic acid groups (broad SMARTS) is 1. The molecule has 2 N–H and O–H groups in total. The van der Waals surface area contributed by atoms with E-state index in [1.807, 2.05) is 4.90 Å². The highest BCUT2D eigenvalue weighted by Crippen LogP contribution is 2.32. The Balaban J connectivity index is 1.54. The van der Waals surface area contributed by atoms with Crippen LogP contribution in [0.4, 0.5) is 23.4 Å². The molecule has 184 valence electrons. The molecular weight excluding hydrogens is 468 g/mol. The number of aryl methyl sites for hydroxylation is 1. The number of hydrogen-bond acceptors (Lipinski definition) is 4. The molecule has 4 rings (SSSR count). The fourth-order valence-corrected chi connectivity index (χ4v) is 4.17. The molecule has 7 nitrogen and oxygen atoms in total. The van der Waals surface area contributed by atoms with Gasteiger partial charge in [0.2, 0.25) is 0 Å². The number of aromatic carboxylic acids is 1. The summed E-state index contributed by atoms with van der Waals surface area (Å²) in [5.74, 6) is -1.96. The molecule has 1 aliphatic rings. The molecule has 2 heterocycles. The molecule has 1 aromatic heterocycles. The van der Waals surface area contributed by atoms with E-state index < -0.39 is 35.5 Å². The number of carbonyl (C=O) groups is 2. The Morgan fingerprint density at radius 3 is 2.43 bits per heavy atom. The van der Waals surface area contributed by atoms with Gasteiger partial charge in [0, 0.05) is 18.7 Å². The fourth-order valence-electron chi connectivity index (χ4n) is 4.17. The third-order valence-electron chi connectivity index (χ3n) is 5.93. The number of nitrogens with zero attached hydrogens (tertiary/aromatic N) is 3. The van der Waals surface area contributed by atoms with Gasteiger partial charge in [0.05, 0.1) is 29.4 Å². The van der Waals surface area contributed by atoms with Crippen molar-refractivity contribution in [3.8, 4) is 0 Å². The number of rotatable bonds is 6. The number of aromatic nitrogens is 2. The Hall–Kier alpha value is -3.89. The highest BCUT2D eigenvalue weighted by atomic mass is 19.4. The summed E-state index contributed by atoms with van der Waals surface area (Å²) in [5.41, 5.74) is 0.597. The SMILES string of the molecule is Cc1nn2c(c1C(=O)N[C@@H](C)c1ccc(C(=O)O)cc1F)N(Cc1ccc(C(F)(F)F)cc1)CC2. The molecule has 3 aromatic rings. The van der Waals surface area contributed by atoms with Gasteiger partial charge in [0.15, 0.2) is 0 Å². The number of carbonyl (C=O) groups excluding carboxylic acids is 1. The highest BCUT2D eigenvalue weighted by Gasteiger charge is 2.32. The van der Waals surface area contributed by atoms with Crippen molar-refractivity contribution in [2.24, 2.45) is 0 Å². The van der Waals surface area contributed by atoms with E-state index in [0.717, 1.165) is 18.2 Å². The number of fused-ring (bicyclic) bond motifs is 1. The zero-order valence-corrected chi connectivity index (χ0v) is 18.9. The lowest BCUT2D eigenvalue weighted by Crippen LogP contribution is -2.30. The van der Waals surface area contributed by atoms with Crippen molar-refractivity contribution in [3.05, 3.63) is 81.8 Å². The number of carboxylic acids is 1. The number of alkyl halides is 3. The summed E-state index contributed by atoms with van der Waals surface area (Å²) >= 11 is 0. The Morgan fingerprint density at radius 2 is 1.83 bits per heavy atom. The molecule has 0 radical (unpaired) electrons. The van der Waals surface area contributed by atoms with Crippen LogP contribution in [-0.4, -0.2) is 33.3 Å². The Bertz CT molecular complexity index is 1290. The summed E-state index contributed by atoms with van der Waals surface area (Å²) < 4.78 is 54.7. The normalized spacial score (nSPS) is 14.1. The van der Waals surface area contributed by atoms with Crippen LogP contribution in [0.2, 0.25) is 0 Å². The van der Waals surface area contributed by atoms with Crippen molar-refractivity contribution in [2.75, 3.05) is 11.4 Å². The fraction of sp³-hybridized carbons (Fsp3) is 0.292. The van der Waals surface area contributed by atoms with Gasteiger partial charge < -0.3 is 15.3 Å². The molecule has 0 saturated carbocycles. The topological polar surface area (TPSA) is 87.5 Å². The quantitative estimate of drug-likeness (QED) is 0.495. The zero-order valence-electron chi connectivity index (χ0n) is 18.9. The molecule has 0 spiro atoms. The predicted octanol–water partition coefficient (Wildman–Crippen LogP) is 4.56. The van der Waals surface area contributed by atoms with Crippen LogP contribution < -0.4 is 10.2 Å². The lowest BCUT2D eigenvalue weighted by Gasteiger charge is -2.21. The van der Waals surface area contributed by atoms with Gasteiger partial charge in [0.1, 0.15) is 17.2 Å². The van der Waals surface area contributed by atoms with Crippen LogP contribution in [0.5, 0.6) is 0 Å². The first-order chi connectivity index (χ1) is 16.5. The van der Waals surface area contributed by atoms with Crippen LogP contribution in [0, 0.1) is 12.7 Å². The van der Waals surface area contributed by atoms with E-state index in [9.17, 15) is 27.2 Å². The monoisotopic (exact) mass is 490 g/mol. The van der Waals surface area contributed by atoms with E-state index in [1.54, 1.807) is 18.5 Å². The minimum atomic E-state index is -4.42.